The summed E-state index contributed by atoms with van der Waals surface area (Å²) in [5.74, 6) is 1.56. The first kappa shape index (κ1) is 16.8. The van der Waals surface area contributed by atoms with Crippen LogP contribution in [0.1, 0.15) is 20.3 Å². The van der Waals surface area contributed by atoms with E-state index in [0.717, 1.165) is 12.2 Å². The van der Waals surface area contributed by atoms with Gasteiger partial charge in [0.25, 0.3) is 0 Å². The standard InChI is InChI=1S/C14H19F2NO2S/c1-10(2)7-8-20-9-13(18)17-11-5-3-4-6-12(11)19-14(15)16/h3-6,10,14H,7-9H2,1-2H3,(H,17,18). The van der Waals surface area contributed by atoms with E-state index >= 15 is 0 Å². The topological polar surface area (TPSA) is 38.3 Å². The molecule has 1 aromatic rings. The highest BCUT2D eigenvalue weighted by Crippen LogP contribution is 2.25. The van der Waals surface area contributed by atoms with Gasteiger partial charge >= 0.3 is 6.61 Å². The summed E-state index contributed by atoms with van der Waals surface area (Å²) < 4.78 is 28.8. The first-order valence-corrected chi connectivity index (χ1v) is 7.56. The van der Waals surface area contributed by atoms with Gasteiger partial charge in [-0.1, -0.05) is 26.0 Å². The maximum atomic E-state index is 12.2. The maximum Gasteiger partial charge on any atom is 0.387 e. The smallest absolute Gasteiger partial charge is 0.387 e. The highest BCUT2D eigenvalue weighted by molar-refractivity contribution is 7.99. The number of carbonyl (C=O) groups excluding carboxylic acids is 1. The van der Waals surface area contributed by atoms with E-state index in [1.54, 1.807) is 12.1 Å². The molecule has 0 saturated carbocycles. The molecule has 0 fully saturated rings. The number of anilines is 1. The zero-order valence-electron chi connectivity index (χ0n) is 11.6. The highest BCUT2D eigenvalue weighted by atomic mass is 32.2. The zero-order valence-corrected chi connectivity index (χ0v) is 12.4. The van der Waals surface area contributed by atoms with Crippen LogP contribution in [0.2, 0.25) is 0 Å². The van der Waals surface area contributed by atoms with E-state index < -0.39 is 6.61 Å². The third-order valence-electron chi connectivity index (χ3n) is 2.45. The average Bonchev–Trinajstić information content (AvgIpc) is 2.36. The van der Waals surface area contributed by atoms with Crippen molar-refractivity contribution in [3.05, 3.63) is 24.3 Å². The number of amides is 1. The van der Waals surface area contributed by atoms with Crippen LogP contribution in [0.4, 0.5) is 14.5 Å². The number of thioether (sulfide) groups is 1. The average molecular weight is 303 g/mol. The summed E-state index contributed by atoms with van der Waals surface area (Å²) in [6.07, 6.45) is 1.04. The molecule has 0 saturated heterocycles. The molecule has 20 heavy (non-hydrogen) atoms. The molecule has 0 bridgehead atoms. The van der Waals surface area contributed by atoms with E-state index in [-0.39, 0.29) is 17.3 Å². The van der Waals surface area contributed by atoms with E-state index in [1.807, 2.05) is 0 Å². The largest absolute Gasteiger partial charge is 0.433 e. The molecule has 0 aliphatic heterocycles. The minimum atomic E-state index is -2.91. The lowest BCUT2D eigenvalue weighted by atomic mass is 10.2. The quantitative estimate of drug-likeness (QED) is 0.738. The van der Waals surface area contributed by atoms with Crippen LogP contribution in [0.5, 0.6) is 5.75 Å². The summed E-state index contributed by atoms with van der Waals surface area (Å²) in [5.41, 5.74) is 0.266. The number of alkyl halides is 2. The summed E-state index contributed by atoms with van der Waals surface area (Å²) in [5, 5.41) is 2.59. The number of rotatable bonds is 8. The number of nitrogens with one attached hydrogen (secondary N) is 1. The second-order valence-electron chi connectivity index (χ2n) is 4.66. The Morgan fingerprint density at radius 2 is 2.05 bits per heavy atom. The molecular weight excluding hydrogens is 284 g/mol. The summed E-state index contributed by atoms with van der Waals surface area (Å²) in [7, 11) is 0. The third-order valence-corrected chi connectivity index (χ3v) is 3.44. The van der Waals surface area contributed by atoms with Gasteiger partial charge in [-0.25, -0.2) is 0 Å². The molecule has 0 atom stereocenters. The molecule has 0 unspecified atom stereocenters. The maximum absolute atomic E-state index is 12.2. The van der Waals surface area contributed by atoms with Gasteiger partial charge in [-0.2, -0.15) is 20.5 Å². The van der Waals surface area contributed by atoms with Crippen LogP contribution in [0.15, 0.2) is 24.3 Å². The fourth-order valence-electron chi connectivity index (χ4n) is 1.44. The lowest BCUT2D eigenvalue weighted by molar-refractivity contribution is -0.113. The Balaban J connectivity index is 2.45. The van der Waals surface area contributed by atoms with Gasteiger partial charge in [-0.15, -0.1) is 0 Å². The van der Waals surface area contributed by atoms with Gasteiger partial charge in [0.05, 0.1) is 11.4 Å². The predicted molar refractivity (Wildman–Crippen MR) is 78.5 cm³/mol. The number of para-hydroxylation sites is 2. The van der Waals surface area contributed by atoms with Crippen LogP contribution >= 0.6 is 11.8 Å². The Bertz CT molecular complexity index is 427. The number of ether oxygens (including phenoxy) is 1. The van der Waals surface area contributed by atoms with Gasteiger partial charge in [0.1, 0.15) is 5.75 Å². The number of carbonyl (C=O) groups is 1. The molecule has 112 valence electrons. The highest BCUT2D eigenvalue weighted by Gasteiger charge is 2.11. The van der Waals surface area contributed by atoms with Crippen molar-refractivity contribution in [3.63, 3.8) is 0 Å². The Morgan fingerprint density at radius 3 is 2.70 bits per heavy atom. The number of halogens is 2. The van der Waals surface area contributed by atoms with Crippen molar-refractivity contribution >= 4 is 23.4 Å². The Morgan fingerprint density at radius 1 is 1.35 bits per heavy atom. The summed E-state index contributed by atoms with van der Waals surface area (Å²) >= 11 is 1.53. The lowest BCUT2D eigenvalue weighted by Crippen LogP contribution is -2.16. The molecule has 0 radical (unpaired) electrons. The Kier molecular flexibility index (Phi) is 7.36. The molecule has 1 aromatic carbocycles. The zero-order chi connectivity index (χ0) is 15.0. The fourth-order valence-corrected chi connectivity index (χ4v) is 2.48. The monoisotopic (exact) mass is 303 g/mol. The van der Waals surface area contributed by atoms with Crippen LogP contribution in [-0.2, 0) is 4.79 Å². The summed E-state index contributed by atoms with van der Waals surface area (Å²) in [6.45, 7) is 1.34. The number of hydrogen-bond donors (Lipinski definition) is 1. The van der Waals surface area contributed by atoms with Crippen molar-refractivity contribution in [2.24, 2.45) is 5.92 Å². The minimum absolute atomic E-state index is 0.0250. The first-order valence-electron chi connectivity index (χ1n) is 6.40. The van der Waals surface area contributed by atoms with E-state index in [9.17, 15) is 13.6 Å². The van der Waals surface area contributed by atoms with Gasteiger partial charge in [0.2, 0.25) is 5.91 Å². The van der Waals surface area contributed by atoms with Crippen molar-refractivity contribution < 1.29 is 18.3 Å². The van der Waals surface area contributed by atoms with Crippen LogP contribution < -0.4 is 10.1 Å². The van der Waals surface area contributed by atoms with Crippen molar-refractivity contribution in [2.75, 3.05) is 16.8 Å². The lowest BCUT2D eigenvalue weighted by Gasteiger charge is -2.11. The van der Waals surface area contributed by atoms with Crippen LogP contribution in [0.25, 0.3) is 0 Å². The fraction of sp³-hybridized carbons (Fsp3) is 0.500. The predicted octanol–water partition coefficient (Wildman–Crippen LogP) is 4.01. The van der Waals surface area contributed by atoms with Gasteiger partial charge in [0.15, 0.2) is 0 Å². The van der Waals surface area contributed by atoms with E-state index in [2.05, 4.69) is 23.9 Å². The molecule has 6 heteroatoms. The third kappa shape index (κ3) is 6.75. The van der Waals surface area contributed by atoms with Crippen molar-refractivity contribution in [2.45, 2.75) is 26.9 Å². The normalized spacial score (nSPS) is 10.9. The van der Waals surface area contributed by atoms with Crippen LogP contribution in [0.3, 0.4) is 0 Å². The number of benzene rings is 1. The molecule has 0 aromatic heterocycles. The molecule has 0 heterocycles. The second kappa shape index (κ2) is 8.79. The number of hydrogen-bond acceptors (Lipinski definition) is 3. The molecule has 0 aliphatic rings. The van der Waals surface area contributed by atoms with Gasteiger partial charge in [-0.05, 0) is 30.2 Å². The molecular formula is C14H19F2NO2S. The molecule has 1 rings (SSSR count). The van der Waals surface area contributed by atoms with Crippen molar-refractivity contribution in [1.82, 2.24) is 0 Å². The second-order valence-corrected chi connectivity index (χ2v) is 5.76. The SMILES string of the molecule is CC(C)CCSCC(=O)Nc1ccccc1OC(F)F. The van der Waals surface area contributed by atoms with Gasteiger partial charge in [0, 0.05) is 0 Å². The first-order chi connectivity index (χ1) is 9.49. The van der Waals surface area contributed by atoms with E-state index in [1.165, 1.54) is 23.9 Å². The Labute approximate surface area is 122 Å². The van der Waals surface area contributed by atoms with E-state index in [4.69, 9.17) is 0 Å². The molecule has 0 aliphatic carbocycles. The minimum Gasteiger partial charge on any atom is -0.433 e. The van der Waals surface area contributed by atoms with Crippen molar-refractivity contribution in [1.29, 1.82) is 0 Å². The van der Waals surface area contributed by atoms with Gasteiger partial charge < -0.3 is 10.1 Å². The van der Waals surface area contributed by atoms with Crippen LogP contribution in [-0.4, -0.2) is 24.0 Å². The summed E-state index contributed by atoms with van der Waals surface area (Å²) in [4.78, 5) is 11.7. The molecule has 0 spiro atoms. The Hall–Kier alpha value is -1.30. The summed E-state index contributed by atoms with van der Waals surface area (Å²) in [6, 6.07) is 6.16. The molecule has 1 N–H and O–H groups in total. The molecule has 1 amide bonds. The van der Waals surface area contributed by atoms with Gasteiger partial charge in [-0.3, -0.25) is 4.79 Å². The van der Waals surface area contributed by atoms with Crippen molar-refractivity contribution in [3.8, 4) is 5.75 Å². The van der Waals surface area contributed by atoms with E-state index in [0.29, 0.717) is 11.7 Å². The molecule has 3 nitrogen and oxygen atoms in total. The van der Waals surface area contributed by atoms with Crippen LogP contribution in [0, 0.1) is 5.92 Å².